The van der Waals surface area contributed by atoms with E-state index in [0.29, 0.717) is 4.90 Å². The molecule has 0 unspecified atom stereocenters. The molecule has 2 aromatic heterocycles. The Balaban J connectivity index is 1.22. The first kappa shape index (κ1) is 30.4. The van der Waals surface area contributed by atoms with Crippen LogP contribution in [0.3, 0.4) is 0 Å². The summed E-state index contributed by atoms with van der Waals surface area (Å²) in [7, 11) is 0. The lowest BCUT2D eigenvalue weighted by atomic mass is 9.33. The lowest BCUT2D eigenvalue weighted by molar-refractivity contribution is 0.590. The molecule has 0 N–H and O–H groups in total. The van der Waals surface area contributed by atoms with Crippen molar-refractivity contribution in [3.05, 3.63) is 221 Å². The largest absolute Gasteiger partial charge is 0.311 e. The van der Waals surface area contributed by atoms with Gasteiger partial charge in [-0.1, -0.05) is 201 Å². The number of para-hydroxylation sites is 1. The molecule has 5 heterocycles. The van der Waals surface area contributed by atoms with Gasteiger partial charge in [0.2, 0.25) is 0 Å². The van der Waals surface area contributed by atoms with Crippen LogP contribution in [-0.2, 0) is 27.1 Å². The lowest BCUT2D eigenvalue weighted by Crippen LogP contribution is -2.62. The first-order chi connectivity index (χ1) is 53.8. The standard InChI is InChI=1S/C80H77BN4S/c1-76(2,3)49-28-35-54(36-29-49)82(55-37-30-50(31-38-55)77(4,5)6)57-39-40-63-67(47-57)83(56-33-26-48(27-34-56)58-21-18-22-60-59-20-16-17-25-71(59)86-75(58)60)68-44-53(80(13,14)15)45-69-72(68)81(63)64-23-19-24-66-74(64)85(69)70-46-52(79(10,11)12)43-62-61-42-51(78(7,8)9)32-41-65(61)84(66)73(62)70/h16-47H,1-15H3/i16D,17D,18D,19D,20D,21D,23D,24D,25D,26D,27D,28D,29D,30D,31D,32D,33D,34D,35D,36D,37D,38D,39D,40D,41D,42D,43D,44D,45D,46D,47D. The number of thiophene rings is 1. The summed E-state index contributed by atoms with van der Waals surface area (Å²) in [5.74, 6) is 0. The Morgan fingerprint density at radius 3 is 1.62 bits per heavy atom. The highest BCUT2D eigenvalue weighted by atomic mass is 32.1. The van der Waals surface area contributed by atoms with E-state index in [4.69, 9.17) is 5.48 Å². The Morgan fingerprint density at radius 1 is 0.407 bits per heavy atom. The summed E-state index contributed by atoms with van der Waals surface area (Å²) in [5, 5.41) is -0.223. The van der Waals surface area contributed by atoms with Gasteiger partial charge in [-0.3, -0.25) is 0 Å². The molecule has 0 spiro atoms. The highest BCUT2D eigenvalue weighted by molar-refractivity contribution is 7.26. The second kappa shape index (κ2) is 18.6. The molecule has 426 valence electrons. The third-order valence-electron chi connectivity index (χ3n) is 16.1. The van der Waals surface area contributed by atoms with Crippen molar-refractivity contribution in [1.29, 1.82) is 0 Å². The van der Waals surface area contributed by atoms with Gasteiger partial charge in [-0.2, -0.15) is 0 Å². The SMILES string of the molecule is [2H]c1cc2c(sc3c([2H])c([2H])c([2H])c([2H])c32)c(-c2c([2H])c([2H])c(N3c4c([2H])c(N(c5c([2H])c([2H])c(C(C)(C)C)c([2H])c5[2H])c5c([2H])c([2H])c(C(C)(C)C)c([2H])c5[2H])c([2H])c([2H])c4B4c5c3c([2H])c(C(C)(C)C)c([2H])c5N3c5c4c([2H])c([2H])c([2H])c5-n4c5c([2H])c([2H])c(C(C)(C)C)c([2H])c5c5c([2H])c(C(C)(C)C)c([2H])c3c54)c([2H])c2[2H])c1[2H]. The summed E-state index contributed by atoms with van der Waals surface area (Å²) >= 11 is 0.732. The maximum atomic E-state index is 11.4. The molecule has 15 rings (SSSR count). The summed E-state index contributed by atoms with van der Waals surface area (Å²) in [6, 6.07) is -22.0. The van der Waals surface area contributed by atoms with E-state index in [1.54, 1.807) is 104 Å². The van der Waals surface area contributed by atoms with Crippen molar-refractivity contribution in [2.24, 2.45) is 0 Å². The second-order valence-corrected chi connectivity index (χ2v) is 28.4. The predicted molar refractivity (Wildman–Crippen MR) is 375 cm³/mol. The molecule has 0 aliphatic carbocycles. The average Bonchev–Trinajstić information content (AvgIpc) is 1.64. The van der Waals surface area contributed by atoms with E-state index in [-0.39, 0.29) is 110 Å². The third kappa shape index (κ3) is 8.36. The number of fused-ring (bicyclic) bond motifs is 12. The molecule has 4 nitrogen and oxygen atoms in total. The van der Waals surface area contributed by atoms with E-state index < -0.39 is 265 Å². The van der Waals surface area contributed by atoms with Gasteiger partial charge in [0.15, 0.2) is 0 Å². The van der Waals surface area contributed by atoms with Crippen LogP contribution in [0.1, 0.15) is 174 Å². The van der Waals surface area contributed by atoms with Gasteiger partial charge in [0.25, 0.3) is 6.71 Å². The average molecular weight is 1170 g/mol. The van der Waals surface area contributed by atoms with Crippen molar-refractivity contribution in [2.45, 2.75) is 131 Å². The van der Waals surface area contributed by atoms with Crippen LogP contribution < -0.4 is 31.1 Å². The highest BCUT2D eigenvalue weighted by Crippen LogP contribution is 2.55. The van der Waals surface area contributed by atoms with Crippen molar-refractivity contribution in [2.75, 3.05) is 14.7 Å². The number of aromatic nitrogens is 1. The fourth-order valence-electron chi connectivity index (χ4n) is 11.5. The fraction of sp³-hybridized carbons (Fsp3) is 0.250. The summed E-state index contributed by atoms with van der Waals surface area (Å²) < 4.78 is 314. The van der Waals surface area contributed by atoms with Gasteiger partial charge < -0.3 is 19.3 Å². The van der Waals surface area contributed by atoms with Gasteiger partial charge in [-0.25, -0.2) is 0 Å². The van der Waals surface area contributed by atoms with E-state index in [2.05, 4.69) is 0 Å². The van der Waals surface area contributed by atoms with Gasteiger partial charge in [0.1, 0.15) is 0 Å². The van der Waals surface area contributed by atoms with Crippen molar-refractivity contribution in [3.63, 3.8) is 0 Å². The van der Waals surface area contributed by atoms with Crippen molar-refractivity contribution in [1.82, 2.24) is 4.57 Å². The molecule has 0 radical (unpaired) electrons. The molecular formula is C80H77BN4S. The zero-order valence-electron chi connectivity index (χ0n) is 81.4. The Kier molecular flexibility index (Phi) is 6.56. The number of anilines is 9. The minimum atomic E-state index is -2.05. The zero-order valence-corrected chi connectivity index (χ0v) is 51.2. The van der Waals surface area contributed by atoms with Crippen LogP contribution in [0.15, 0.2) is 193 Å². The van der Waals surface area contributed by atoms with Crippen LogP contribution in [0.4, 0.5) is 51.2 Å². The van der Waals surface area contributed by atoms with Crippen LogP contribution in [-0.4, -0.2) is 11.3 Å². The molecule has 0 atom stereocenters. The molecule has 0 amide bonds. The smallest absolute Gasteiger partial charge is 0.252 e. The van der Waals surface area contributed by atoms with Crippen molar-refractivity contribution < 1.29 is 42.5 Å². The molecule has 0 saturated heterocycles. The zero-order chi connectivity index (χ0) is 86.9. The van der Waals surface area contributed by atoms with Crippen molar-refractivity contribution in [3.8, 4) is 16.8 Å². The van der Waals surface area contributed by atoms with Gasteiger partial charge in [-0.05, 0) is 179 Å². The van der Waals surface area contributed by atoms with Crippen molar-refractivity contribution >= 4 is 128 Å². The topological polar surface area (TPSA) is 14.7 Å². The van der Waals surface area contributed by atoms with Gasteiger partial charge in [-0.15, -0.1) is 11.3 Å². The predicted octanol–water partition coefficient (Wildman–Crippen LogP) is 21.2. The Morgan fingerprint density at radius 2 is 0.977 bits per heavy atom. The summed E-state index contributed by atoms with van der Waals surface area (Å²) in [4.78, 5) is 2.90. The summed E-state index contributed by atoms with van der Waals surface area (Å²) in [6.45, 7) is 23.0. The van der Waals surface area contributed by atoms with E-state index in [1.807, 2.05) is 0 Å². The second-order valence-electron chi connectivity index (χ2n) is 27.4. The van der Waals surface area contributed by atoms with Crippen LogP contribution in [0.2, 0.25) is 0 Å². The van der Waals surface area contributed by atoms with Crippen LogP contribution in [0, 0.1) is 0 Å². The molecule has 3 aliphatic rings. The number of hydrogen-bond donors (Lipinski definition) is 0. The Hall–Kier alpha value is -8.32. The minimum absolute atomic E-state index is 0.0138. The molecule has 0 bridgehead atoms. The molecule has 0 saturated carbocycles. The first-order valence-corrected chi connectivity index (χ1v) is 29.4. The Bertz CT molecular complexity index is 6540. The number of nitrogens with zero attached hydrogens (tertiary/aromatic N) is 4. The number of benzene rings is 10. The van der Waals surface area contributed by atoms with Crippen LogP contribution in [0.25, 0.3) is 58.8 Å². The molecule has 10 aromatic carbocycles. The molecule has 0 fully saturated rings. The Labute approximate surface area is 557 Å². The molecule has 3 aliphatic heterocycles. The van der Waals surface area contributed by atoms with E-state index >= 15 is 0 Å². The number of rotatable bonds is 5. The maximum Gasteiger partial charge on any atom is 0.252 e. The van der Waals surface area contributed by atoms with Gasteiger partial charge in [0, 0.05) is 70.8 Å². The molecule has 12 aromatic rings. The molecule has 6 heteroatoms. The van der Waals surface area contributed by atoms with E-state index in [0.717, 1.165) is 16.2 Å². The van der Waals surface area contributed by atoms with Crippen LogP contribution >= 0.6 is 11.3 Å². The maximum absolute atomic E-state index is 11.4. The van der Waals surface area contributed by atoms with E-state index in [1.165, 1.54) is 15.5 Å². The quantitative estimate of drug-likeness (QED) is 0.160. The highest BCUT2D eigenvalue weighted by Gasteiger charge is 2.47. The normalized spacial score (nSPS) is 19.0. The lowest BCUT2D eigenvalue weighted by Gasteiger charge is -2.47. The third-order valence-corrected chi connectivity index (χ3v) is 17.2. The summed E-state index contributed by atoms with van der Waals surface area (Å²) in [6.07, 6.45) is 0. The number of hydrogen-bond acceptors (Lipinski definition) is 4. The van der Waals surface area contributed by atoms with Gasteiger partial charge in [0.05, 0.1) is 70.6 Å². The molecular weight excluding hydrogens is 1060 g/mol. The van der Waals surface area contributed by atoms with Crippen LogP contribution in [0.5, 0.6) is 0 Å². The van der Waals surface area contributed by atoms with Gasteiger partial charge >= 0.3 is 0 Å². The monoisotopic (exact) mass is 1170 g/mol. The summed E-state index contributed by atoms with van der Waals surface area (Å²) in [5.41, 5.74) is -15.6. The molecule has 86 heavy (non-hydrogen) atoms. The van der Waals surface area contributed by atoms with E-state index in [9.17, 15) is 37.0 Å². The minimum Gasteiger partial charge on any atom is -0.311 e. The fourth-order valence-corrected chi connectivity index (χ4v) is 12.6. The first-order valence-electron chi connectivity index (χ1n) is 44.0.